The lowest BCUT2D eigenvalue weighted by molar-refractivity contribution is -0.119. The molecule has 1 heterocycles. The summed E-state index contributed by atoms with van der Waals surface area (Å²) in [5.41, 5.74) is 3.09. The van der Waals surface area contributed by atoms with Crippen LogP contribution in [0.15, 0.2) is 12.1 Å². The van der Waals surface area contributed by atoms with Gasteiger partial charge >= 0.3 is 0 Å². The van der Waals surface area contributed by atoms with E-state index in [2.05, 4.69) is 31.9 Å². The quantitative estimate of drug-likeness (QED) is 0.857. The topological polar surface area (TPSA) is 34.9 Å². The fourth-order valence-corrected chi connectivity index (χ4v) is 3.16. The summed E-state index contributed by atoms with van der Waals surface area (Å²) in [7, 11) is 1.93. The van der Waals surface area contributed by atoms with Crippen LogP contribution in [-0.2, 0) is 23.7 Å². The highest BCUT2D eigenvalue weighted by Crippen LogP contribution is 2.37. The van der Waals surface area contributed by atoms with Gasteiger partial charge in [0.05, 0.1) is 22.7 Å². The van der Waals surface area contributed by atoms with Crippen molar-refractivity contribution in [1.29, 1.82) is 0 Å². The first-order valence-corrected chi connectivity index (χ1v) is 7.84. The maximum atomic E-state index is 12.1. The van der Waals surface area contributed by atoms with Crippen molar-refractivity contribution in [3.63, 3.8) is 0 Å². The summed E-state index contributed by atoms with van der Waals surface area (Å²) in [5.74, 6) is 0.554. The van der Waals surface area contributed by atoms with Gasteiger partial charge in [0.2, 0.25) is 0 Å². The maximum absolute atomic E-state index is 12.1. The number of ketones is 1. The normalized spacial score (nSPS) is 15.7. The van der Waals surface area contributed by atoms with Gasteiger partial charge in [-0.05, 0) is 29.9 Å². The Morgan fingerprint density at radius 1 is 1.38 bits per heavy atom. The van der Waals surface area contributed by atoms with Gasteiger partial charge in [-0.3, -0.25) is 9.48 Å². The van der Waals surface area contributed by atoms with E-state index < -0.39 is 0 Å². The molecule has 0 amide bonds. The predicted molar refractivity (Wildman–Crippen MR) is 85.9 cm³/mol. The van der Waals surface area contributed by atoms with Gasteiger partial charge in [-0.15, -0.1) is 0 Å². The minimum absolute atomic E-state index is 0.00834. The van der Waals surface area contributed by atoms with Crippen LogP contribution >= 0.6 is 11.6 Å². The lowest BCUT2D eigenvalue weighted by Crippen LogP contribution is -2.13. The highest BCUT2D eigenvalue weighted by Gasteiger charge is 2.31. The molecular formula is C17H21ClN2O. The molecule has 2 aromatic rings. The van der Waals surface area contributed by atoms with Gasteiger partial charge in [0.1, 0.15) is 5.78 Å². The zero-order valence-corrected chi connectivity index (χ0v) is 13.8. The summed E-state index contributed by atoms with van der Waals surface area (Å²) in [6.45, 7) is 6.53. The number of benzene rings is 1. The van der Waals surface area contributed by atoms with E-state index in [4.69, 9.17) is 11.6 Å². The number of fused-ring (bicyclic) bond motifs is 1. The van der Waals surface area contributed by atoms with Crippen molar-refractivity contribution in [3.05, 3.63) is 28.4 Å². The molecule has 0 N–H and O–H groups in total. The third-order valence-corrected chi connectivity index (χ3v) is 4.51. The molecule has 0 bridgehead atoms. The molecule has 3 rings (SSSR count). The van der Waals surface area contributed by atoms with Gasteiger partial charge in [0, 0.05) is 18.4 Å². The van der Waals surface area contributed by atoms with Crippen molar-refractivity contribution < 1.29 is 4.79 Å². The van der Waals surface area contributed by atoms with E-state index in [1.54, 1.807) is 0 Å². The highest BCUT2D eigenvalue weighted by molar-refractivity contribution is 6.35. The molecule has 1 aromatic heterocycles. The number of halogens is 1. The molecular weight excluding hydrogens is 284 g/mol. The standard InChI is InChI=1S/C17H21ClN2O/c1-17(2,3)11-7-8-12(18)15-13(19-20(4)16(11)15)9-14(21)10-5-6-10/h7-8,10H,5-6,9H2,1-4H3. The summed E-state index contributed by atoms with van der Waals surface area (Å²) >= 11 is 6.41. The molecule has 1 aliphatic rings. The lowest BCUT2D eigenvalue weighted by Gasteiger charge is -2.21. The molecule has 4 heteroatoms. The number of aromatic nitrogens is 2. The lowest BCUT2D eigenvalue weighted by atomic mass is 9.85. The average molecular weight is 305 g/mol. The first-order valence-electron chi connectivity index (χ1n) is 7.46. The van der Waals surface area contributed by atoms with E-state index in [9.17, 15) is 4.79 Å². The third-order valence-electron chi connectivity index (χ3n) is 4.19. The monoisotopic (exact) mass is 304 g/mol. The van der Waals surface area contributed by atoms with Gasteiger partial charge < -0.3 is 0 Å². The third kappa shape index (κ3) is 2.59. The zero-order valence-electron chi connectivity index (χ0n) is 13.0. The van der Waals surface area contributed by atoms with Crippen LogP contribution in [0.5, 0.6) is 0 Å². The minimum atomic E-state index is 0.00834. The fourth-order valence-electron chi connectivity index (χ4n) is 2.90. The van der Waals surface area contributed by atoms with Crippen molar-refractivity contribution in [2.45, 2.75) is 45.4 Å². The number of rotatable bonds is 3. The van der Waals surface area contributed by atoms with Gasteiger partial charge in [-0.1, -0.05) is 38.4 Å². The summed E-state index contributed by atoms with van der Waals surface area (Å²) in [5, 5.41) is 6.22. The number of hydrogen-bond donors (Lipinski definition) is 0. The predicted octanol–water partition coefficient (Wildman–Crippen LogP) is 4.05. The second kappa shape index (κ2) is 4.84. The first kappa shape index (κ1) is 14.6. The van der Waals surface area contributed by atoms with E-state index in [0.717, 1.165) is 29.4 Å². The molecule has 112 valence electrons. The van der Waals surface area contributed by atoms with Crippen molar-refractivity contribution in [3.8, 4) is 0 Å². The zero-order chi connectivity index (χ0) is 15.4. The molecule has 0 aliphatic heterocycles. The average Bonchev–Trinajstić information content (AvgIpc) is 3.16. The Balaban J connectivity index is 2.16. The summed E-state index contributed by atoms with van der Waals surface area (Å²) < 4.78 is 1.87. The van der Waals surface area contributed by atoms with Crippen molar-refractivity contribution in [2.24, 2.45) is 13.0 Å². The van der Waals surface area contributed by atoms with E-state index in [1.807, 2.05) is 17.8 Å². The molecule has 0 radical (unpaired) electrons. The minimum Gasteiger partial charge on any atom is -0.299 e. The maximum Gasteiger partial charge on any atom is 0.142 e. The number of carbonyl (C=O) groups is 1. The number of carbonyl (C=O) groups excluding carboxylic acids is 1. The molecule has 1 aromatic carbocycles. The van der Waals surface area contributed by atoms with Crippen LogP contribution < -0.4 is 0 Å². The van der Waals surface area contributed by atoms with Gasteiger partial charge in [-0.2, -0.15) is 5.10 Å². The van der Waals surface area contributed by atoms with E-state index in [1.165, 1.54) is 5.56 Å². The molecule has 0 spiro atoms. The second-order valence-electron chi connectivity index (χ2n) is 7.06. The van der Waals surface area contributed by atoms with E-state index in [-0.39, 0.29) is 11.3 Å². The fraction of sp³-hybridized carbons (Fsp3) is 0.529. The Kier molecular flexibility index (Phi) is 3.36. The van der Waals surface area contributed by atoms with Crippen LogP contribution in [-0.4, -0.2) is 15.6 Å². The summed E-state index contributed by atoms with van der Waals surface area (Å²) in [4.78, 5) is 12.1. The van der Waals surface area contributed by atoms with Crippen LogP contribution in [0.4, 0.5) is 0 Å². The van der Waals surface area contributed by atoms with Crippen LogP contribution in [0.3, 0.4) is 0 Å². The summed E-state index contributed by atoms with van der Waals surface area (Å²) in [6, 6.07) is 4.00. The Morgan fingerprint density at radius 2 is 2.05 bits per heavy atom. The van der Waals surface area contributed by atoms with E-state index in [0.29, 0.717) is 17.2 Å². The van der Waals surface area contributed by atoms with Crippen LogP contribution in [0.1, 0.15) is 44.9 Å². The Hall–Kier alpha value is -1.35. The molecule has 3 nitrogen and oxygen atoms in total. The van der Waals surface area contributed by atoms with Crippen molar-refractivity contribution in [1.82, 2.24) is 9.78 Å². The number of aryl methyl sites for hydroxylation is 1. The molecule has 1 aliphatic carbocycles. The Morgan fingerprint density at radius 3 is 2.62 bits per heavy atom. The van der Waals surface area contributed by atoms with Crippen LogP contribution in [0, 0.1) is 5.92 Å². The van der Waals surface area contributed by atoms with E-state index >= 15 is 0 Å². The van der Waals surface area contributed by atoms with Gasteiger partial charge in [0.25, 0.3) is 0 Å². The summed E-state index contributed by atoms with van der Waals surface area (Å²) in [6.07, 6.45) is 2.46. The number of hydrogen-bond acceptors (Lipinski definition) is 2. The van der Waals surface area contributed by atoms with Crippen LogP contribution in [0.2, 0.25) is 5.02 Å². The molecule has 1 fully saturated rings. The SMILES string of the molecule is Cn1nc(CC(=O)C2CC2)c2c(Cl)ccc(C(C)(C)C)c21. The number of Topliss-reactive ketones (excluding diaryl/α,β-unsaturated/α-hetero) is 1. The first-order chi connectivity index (χ1) is 9.79. The van der Waals surface area contributed by atoms with Crippen molar-refractivity contribution >= 4 is 28.3 Å². The van der Waals surface area contributed by atoms with Crippen molar-refractivity contribution in [2.75, 3.05) is 0 Å². The molecule has 21 heavy (non-hydrogen) atoms. The largest absolute Gasteiger partial charge is 0.299 e. The van der Waals surface area contributed by atoms with Gasteiger partial charge in [0.15, 0.2) is 0 Å². The number of nitrogens with zero attached hydrogens (tertiary/aromatic N) is 2. The highest BCUT2D eigenvalue weighted by atomic mass is 35.5. The van der Waals surface area contributed by atoms with Gasteiger partial charge in [-0.25, -0.2) is 0 Å². The second-order valence-corrected chi connectivity index (χ2v) is 7.46. The molecule has 0 unspecified atom stereocenters. The Bertz CT molecular complexity index is 720. The Labute approximate surface area is 130 Å². The smallest absolute Gasteiger partial charge is 0.142 e. The van der Waals surface area contributed by atoms with Crippen LogP contribution in [0.25, 0.3) is 10.9 Å². The molecule has 0 atom stereocenters. The molecule has 1 saturated carbocycles. The molecule has 0 saturated heterocycles.